The van der Waals surface area contributed by atoms with Gasteiger partial charge in [-0.2, -0.15) is 0 Å². The van der Waals surface area contributed by atoms with Gasteiger partial charge < -0.3 is 9.84 Å². The highest BCUT2D eigenvalue weighted by atomic mass is 79.9. The summed E-state index contributed by atoms with van der Waals surface area (Å²) in [5, 5.41) is 10.5. The number of ketones is 1. The molecule has 0 radical (unpaired) electrons. The largest absolute Gasteiger partial charge is 0.488 e. The summed E-state index contributed by atoms with van der Waals surface area (Å²) in [5.41, 5.74) is 5.76. The highest BCUT2D eigenvalue weighted by Crippen LogP contribution is 2.40. The summed E-state index contributed by atoms with van der Waals surface area (Å²) in [7, 11) is 0. The summed E-state index contributed by atoms with van der Waals surface area (Å²) in [4.78, 5) is 12.0. The molecule has 1 unspecified atom stereocenters. The van der Waals surface area contributed by atoms with Crippen molar-refractivity contribution in [2.45, 2.75) is 33.0 Å². The van der Waals surface area contributed by atoms with Crippen LogP contribution in [-0.2, 0) is 6.61 Å². The Morgan fingerprint density at radius 1 is 1.30 bits per heavy atom. The Bertz CT molecular complexity index is 767. The summed E-state index contributed by atoms with van der Waals surface area (Å²) in [6.45, 7) is 4.28. The zero-order valence-corrected chi connectivity index (χ0v) is 14.8. The summed E-state index contributed by atoms with van der Waals surface area (Å²) in [6, 6.07) is 9.85. The van der Waals surface area contributed by atoms with Crippen molar-refractivity contribution in [2.24, 2.45) is 0 Å². The molecule has 0 spiro atoms. The number of carbonyl (C=O) groups is 1. The molecule has 4 heteroatoms. The normalized spacial score (nSPS) is 13.7. The third-order valence-corrected chi connectivity index (χ3v) is 4.89. The molecule has 1 N–H and O–H groups in total. The molecule has 0 aromatic heterocycles. The molecule has 2 aromatic rings. The number of hydrogen-bond donors (Lipinski definition) is 1. The molecule has 120 valence electrons. The van der Waals surface area contributed by atoms with E-state index in [1.54, 1.807) is 0 Å². The number of carbonyl (C=O) groups excluding carboxylic acids is 1. The molecular weight excluding hydrogens is 356 g/mol. The van der Waals surface area contributed by atoms with Gasteiger partial charge in [-0.15, -0.1) is 0 Å². The van der Waals surface area contributed by atoms with E-state index in [0.717, 1.165) is 39.1 Å². The Morgan fingerprint density at radius 3 is 2.78 bits per heavy atom. The van der Waals surface area contributed by atoms with Crippen LogP contribution in [0.3, 0.4) is 0 Å². The molecule has 0 fully saturated rings. The molecule has 23 heavy (non-hydrogen) atoms. The molecular formula is C19H19BrO3. The van der Waals surface area contributed by atoms with E-state index in [1.807, 2.05) is 44.2 Å². The molecule has 3 rings (SSSR count). The number of Topliss-reactive ketones (excluding diaryl/α,β-unsaturated/α-hetero) is 1. The fourth-order valence-electron chi connectivity index (χ4n) is 2.96. The number of alkyl halides is 1. The van der Waals surface area contributed by atoms with Crippen molar-refractivity contribution >= 4 is 21.7 Å². The zero-order chi connectivity index (χ0) is 16.6. The van der Waals surface area contributed by atoms with Crippen LogP contribution in [0.5, 0.6) is 5.75 Å². The van der Waals surface area contributed by atoms with Crippen LogP contribution in [0, 0.1) is 6.92 Å². The highest BCUT2D eigenvalue weighted by Gasteiger charge is 2.21. The molecule has 0 bridgehead atoms. The minimum absolute atomic E-state index is 0.135. The van der Waals surface area contributed by atoms with E-state index in [0.29, 0.717) is 18.4 Å². The predicted octanol–water partition coefficient (Wildman–Crippen LogP) is 4.58. The third-order valence-electron chi connectivity index (χ3n) is 4.28. The van der Waals surface area contributed by atoms with Crippen molar-refractivity contribution < 1.29 is 14.6 Å². The van der Waals surface area contributed by atoms with E-state index in [2.05, 4.69) is 15.9 Å². The molecule has 1 aliphatic rings. The zero-order valence-electron chi connectivity index (χ0n) is 13.2. The second kappa shape index (κ2) is 6.46. The number of aliphatic hydroxyl groups is 1. The van der Waals surface area contributed by atoms with E-state index in [4.69, 9.17) is 4.74 Å². The van der Waals surface area contributed by atoms with Gasteiger partial charge in [0, 0.05) is 22.9 Å². The van der Waals surface area contributed by atoms with E-state index in [-0.39, 0.29) is 5.78 Å². The van der Waals surface area contributed by atoms with Crippen LogP contribution in [-0.4, -0.2) is 16.2 Å². The monoisotopic (exact) mass is 374 g/mol. The first-order valence-corrected chi connectivity index (χ1v) is 8.85. The second-order valence-electron chi connectivity index (χ2n) is 5.82. The average molecular weight is 375 g/mol. The number of ether oxygens (including phenoxy) is 1. The van der Waals surface area contributed by atoms with Crippen LogP contribution >= 0.6 is 15.9 Å². The Hall–Kier alpha value is -1.65. The molecule has 3 nitrogen and oxygen atoms in total. The smallest absolute Gasteiger partial charge is 0.163 e. The lowest BCUT2D eigenvalue weighted by atomic mass is 9.90. The van der Waals surface area contributed by atoms with Gasteiger partial charge in [-0.05, 0) is 47.4 Å². The standard InChI is InChI=1S/C19H19BrO3/c1-3-17(21)15-8-19-16(6-11(15)2)14-5-4-12(18(22)9-20)7-13(14)10-23-19/h4-8,18,22H,3,9-10H2,1-2H3. The summed E-state index contributed by atoms with van der Waals surface area (Å²) < 4.78 is 5.86. The van der Waals surface area contributed by atoms with E-state index in [1.165, 1.54) is 0 Å². The maximum atomic E-state index is 12.0. The predicted molar refractivity (Wildman–Crippen MR) is 94.3 cm³/mol. The number of fused-ring (bicyclic) bond motifs is 3. The van der Waals surface area contributed by atoms with Gasteiger partial charge in [0.05, 0.1) is 6.10 Å². The van der Waals surface area contributed by atoms with Crippen LogP contribution in [0.2, 0.25) is 0 Å². The Balaban J connectivity index is 2.08. The SMILES string of the molecule is CCC(=O)c1cc2c(cc1C)-c1ccc(C(O)CBr)cc1CO2. The number of aryl methyl sites for hydroxylation is 1. The van der Waals surface area contributed by atoms with Crippen molar-refractivity contribution in [1.82, 2.24) is 0 Å². The summed E-state index contributed by atoms with van der Waals surface area (Å²) >= 11 is 3.30. The van der Waals surface area contributed by atoms with Gasteiger partial charge in [0.2, 0.25) is 0 Å². The van der Waals surface area contributed by atoms with Gasteiger partial charge in [-0.25, -0.2) is 0 Å². The number of hydrogen-bond acceptors (Lipinski definition) is 3. The molecule has 1 heterocycles. The molecule has 0 saturated heterocycles. The van der Waals surface area contributed by atoms with Crippen molar-refractivity contribution in [3.63, 3.8) is 0 Å². The van der Waals surface area contributed by atoms with Crippen LogP contribution in [0.15, 0.2) is 30.3 Å². The van der Waals surface area contributed by atoms with Crippen molar-refractivity contribution in [3.05, 3.63) is 52.6 Å². The van der Waals surface area contributed by atoms with Gasteiger partial charge in [0.25, 0.3) is 0 Å². The van der Waals surface area contributed by atoms with E-state index < -0.39 is 6.10 Å². The Kier molecular flexibility index (Phi) is 4.55. The second-order valence-corrected chi connectivity index (χ2v) is 6.46. The fourth-order valence-corrected chi connectivity index (χ4v) is 3.33. The van der Waals surface area contributed by atoms with Crippen LogP contribution < -0.4 is 4.74 Å². The third kappa shape index (κ3) is 2.93. The lowest BCUT2D eigenvalue weighted by Gasteiger charge is -2.23. The van der Waals surface area contributed by atoms with Gasteiger partial charge in [0.15, 0.2) is 5.78 Å². The first-order valence-electron chi connectivity index (χ1n) is 7.73. The quantitative estimate of drug-likeness (QED) is 0.629. The minimum atomic E-state index is -0.520. The number of aliphatic hydroxyl groups excluding tert-OH is 1. The number of halogens is 1. The molecule has 0 aliphatic carbocycles. The molecule has 0 amide bonds. The fraction of sp³-hybridized carbons (Fsp3) is 0.316. The van der Waals surface area contributed by atoms with Gasteiger partial charge in [-0.1, -0.05) is 35.0 Å². The van der Waals surface area contributed by atoms with Crippen LogP contribution in [0.4, 0.5) is 0 Å². The van der Waals surface area contributed by atoms with Crippen LogP contribution in [0.1, 0.15) is 46.5 Å². The Labute approximate surface area is 144 Å². The molecule has 0 saturated carbocycles. The molecule has 1 aliphatic heterocycles. The lowest BCUT2D eigenvalue weighted by molar-refractivity contribution is 0.0987. The molecule has 2 aromatic carbocycles. The maximum Gasteiger partial charge on any atom is 0.163 e. The van der Waals surface area contributed by atoms with E-state index in [9.17, 15) is 9.90 Å². The lowest BCUT2D eigenvalue weighted by Crippen LogP contribution is -2.10. The summed E-state index contributed by atoms with van der Waals surface area (Å²) in [5.74, 6) is 0.893. The number of benzene rings is 2. The van der Waals surface area contributed by atoms with Crippen molar-refractivity contribution in [2.75, 3.05) is 5.33 Å². The topological polar surface area (TPSA) is 46.5 Å². The first-order chi connectivity index (χ1) is 11.0. The first kappa shape index (κ1) is 16.2. The van der Waals surface area contributed by atoms with Gasteiger partial charge >= 0.3 is 0 Å². The minimum Gasteiger partial charge on any atom is -0.488 e. The van der Waals surface area contributed by atoms with Crippen molar-refractivity contribution in [3.8, 4) is 16.9 Å². The van der Waals surface area contributed by atoms with Gasteiger partial charge in [0.1, 0.15) is 12.4 Å². The molecule has 1 atom stereocenters. The van der Waals surface area contributed by atoms with E-state index >= 15 is 0 Å². The van der Waals surface area contributed by atoms with Crippen LogP contribution in [0.25, 0.3) is 11.1 Å². The Morgan fingerprint density at radius 2 is 2.09 bits per heavy atom. The van der Waals surface area contributed by atoms with Gasteiger partial charge in [-0.3, -0.25) is 4.79 Å². The van der Waals surface area contributed by atoms with Crippen molar-refractivity contribution in [1.29, 1.82) is 0 Å². The number of rotatable bonds is 4. The highest BCUT2D eigenvalue weighted by molar-refractivity contribution is 9.09. The average Bonchev–Trinajstić information content (AvgIpc) is 2.59. The summed E-state index contributed by atoms with van der Waals surface area (Å²) in [6.07, 6.45) is -0.0303. The maximum absolute atomic E-state index is 12.0.